The number of aromatic hydroxyl groups is 3. The molecule has 0 aliphatic carbocycles. The molecule has 0 aromatic heterocycles. The number of nitrogens with one attached hydrogen (secondary N) is 8. The van der Waals surface area contributed by atoms with Gasteiger partial charge in [-0.1, -0.05) is 60.1 Å². The van der Waals surface area contributed by atoms with Crippen molar-refractivity contribution in [1.29, 1.82) is 0 Å². The molecular weight excluding hydrogens is 1280 g/mol. The summed E-state index contributed by atoms with van der Waals surface area (Å²) >= 11 is 0. The van der Waals surface area contributed by atoms with Gasteiger partial charge in [-0.25, -0.2) is 4.79 Å². The van der Waals surface area contributed by atoms with Crippen LogP contribution in [0.5, 0.6) is 28.7 Å². The number of esters is 1. The van der Waals surface area contributed by atoms with E-state index in [1.165, 1.54) is 60.7 Å². The van der Waals surface area contributed by atoms with Crippen LogP contribution < -0.4 is 58.7 Å². The fraction of sp³-hybridized carbons (Fsp3) is 0.429. The lowest BCUT2D eigenvalue weighted by atomic mass is 9.77. The van der Waals surface area contributed by atoms with Gasteiger partial charge in [0.25, 0.3) is 5.91 Å². The first kappa shape index (κ1) is 71.2. The maximum Gasteiger partial charge on any atom is 0.340 e. The number of aliphatic hydroxyl groups is 2. The van der Waals surface area contributed by atoms with Gasteiger partial charge in [0.15, 0.2) is 5.60 Å². The van der Waals surface area contributed by atoms with Gasteiger partial charge in [-0.3, -0.25) is 52.7 Å². The number of rotatable bonds is 19. The number of unbranched alkanes of at least 4 members (excludes halogenated alkanes) is 1. The molecule has 2 saturated heterocycles. The number of hydrogen-bond acceptors (Lipinski definition) is 21. The minimum absolute atomic E-state index is 0.0289. The van der Waals surface area contributed by atoms with E-state index in [-0.39, 0.29) is 109 Å². The topological polar surface area (TPSA) is 476 Å². The average Bonchev–Trinajstić information content (AvgIpc) is 1.62. The van der Waals surface area contributed by atoms with Gasteiger partial charge in [0.05, 0.1) is 24.6 Å². The summed E-state index contributed by atoms with van der Waals surface area (Å²) in [5.74, 6) is -12.4. The SMILES string of the molecule is CC[C@H](C)[C@@H]1NC(=O)[C@H](Cc2ccc(O)cc2)NC(=O)C(O)CSSC[C@@H](C(=O)N2CCC[C@H]2C(=O)N[C@@H](CCCCNC(=O)c2ccc3c(c2)C(=O)OC32c3ccc(O)cc3Oc3cc(O)ccc32)C(=O)NCC(N)=O)NC(=O)[C@H](CC(N)=O)NC(=O)[C@H]([C@@H](C)O)NC1=O. The van der Waals surface area contributed by atoms with E-state index in [4.69, 9.17) is 20.9 Å². The van der Waals surface area contributed by atoms with Crippen LogP contribution in [-0.2, 0) is 64.7 Å². The van der Waals surface area contributed by atoms with Gasteiger partial charge in [-0.05, 0) is 99.0 Å². The van der Waals surface area contributed by atoms with Gasteiger partial charge in [-0.15, -0.1) is 0 Å². The molecule has 11 amide bonds. The number of nitrogens with zero attached hydrogens (tertiary/aromatic N) is 1. The summed E-state index contributed by atoms with van der Waals surface area (Å²) in [7, 11) is 1.76. The highest BCUT2D eigenvalue weighted by molar-refractivity contribution is 8.76. The van der Waals surface area contributed by atoms with Gasteiger partial charge in [0.1, 0.15) is 77.1 Å². The molecule has 508 valence electrons. The van der Waals surface area contributed by atoms with Gasteiger partial charge < -0.3 is 93.9 Å². The van der Waals surface area contributed by atoms with E-state index in [0.717, 1.165) is 33.4 Å². The van der Waals surface area contributed by atoms with Crippen LogP contribution in [0.2, 0.25) is 0 Å². The van der Waals surface area contributed by atoms with Crippen molar-refractivity contribution in [2.45, 2.75) is 132 Å². The lowest BCUT2D eigenvalue weighted by Gasteiger charge is -2.36. The second-order valence-electron chi connectivity index (χ2n) is 23.4. The Morgan fingerprint density at radius 1 is 0.705 bits per heavy atom. The van der Waals surface area contributed by atoms with Crippen LogP contribution >= 0.6 is 21.6 Å². The second kappa shape index (κ2) is 31.5. The molecule has 0 saturated carbocycles. The molecule has 4 heterocycles. The van der Waals surface area contributed by atoms with E-state index in [9.17, 15) is 83.1 Å². The van der Waals surface area contributed by atoms with Gasteiger partial charge in [0.2, 0.25) is 59.1 Å². The number of primary amides is 2. The zero-order valence-corrected chi connectivity index (χ0v) is 53.5. The Bertz CT molecular complexity index is 3580. The molecule has 30 nitrogen and oxygen atoms in total. The Morgan fingerprint density at radius 2 is 1.32 bits per heavy atom. The molecule has 2 fully saturated rings. The van der Waals surface area contributed by atoms with Crippen LogP contribution in [0.1, 0.15) is 109 Å². The highest BCUT2D eigenvalue weighted by atomic mass is 33.1. The first-order chi connectivity index (χ1) is 45.2. The van der Waals surface area contributed by atoms with Crippen molar-refractivity contribution in [2.75, 3.05) is 31.1 Å². The smallest absolute Gasteiger partial charge is 0.340 e. The quantitative estimate of drug-likeness (QED) is 0.0306. The Labute approximate surface area is 551 Å². The van der Waals surface area contributed by atoms with Crippen molar-refractivity contribution >= 4 is 92.5 Å². The minimum atomic E-state index is -1.85. The van der Waals surface area contributed by atoms with E-state index in [0.29, 0.717) is 22.3 Å². The van der Waals surface area contributed by atoms with E-state index in [2.05, 4.69) is 42.5 Å². The second-order valence-corrected chi connectivity index (χ2v) is 25.9. The zero-order valence-electron chi connectivity index (χ0n) is 51.8. The number of nitrogens with two attached hydrogens (primary N) is 2. The average molecular weight is 1350 g/mol. The zero-order chi connectivity index (χ0) is 69.0. The molecule has 4 aliphatic rings. The molecule has 1 spiro atoms. The van der Waals surface area contributed by atoms with E-state index >= 15 is 0 Å². The first-order valence-corrected chi connectivity index (χ1v) is 33.0. The first-order valence-electron chi connectivity index (χ1n) is 30.6. The van der Waals surface area contributed by atoms with Gasteiger partial charge in [-0.2, -0.15) is 0 Å². The lowest BCUT2D eigenvalue weighted by Crippen LogP contribution is -2.63. The number of hydrogen-bond donors (Lipinski definition) is 15. The number of carbonyl (C=O) groups excluding carboxylic acids is 12. The lowest BCUT2D eigenvalue weighted by molar-refractivity contribution is -0.142. The third-order valence-corrected chi connectivity index (χ3v) is 18.9. The molecule has 0 radical (unpaired) electrons. The predicted molar refractivity (Wildman–Crippen MR) is 340 cm³/mol. The monoisotopic (exact) mass is 1350 g/mol. The third-order valence-electron chi connectivity index (χ3n) is 16.5. The highest BCUT2D eigenvalue weighted by Crippen LogP contribution is 2.57. The van der Waals surface area contributed by atoms with Crippen LogP contribution in [0.4, 0.5) is 0 Å². The number of benzene rings is 4. The van der Waals surface area contributed by atoms with Crippen LogP contribution in [-0.4, -0.2) is 187 Å². The van der Waals surface area contributed by atoms with Crippen LogP contribution in [0.25, 0.3) is 0 Å². The molecule has 4 aromatic rings. The summed E-state index contributed by atoms with van der Waals surface area (Å²) < 4.78 is 12.1. The number of fused-ring (bicyclic) bond motifs is 6. The number of aliphatic hydroxyl groups excluding tert-OH is 2. The number of carbonyl (C=O) groups is 12. The Balaban J connectivity index is 0.960. The Hall–Kier alpha value is -9.66. The normalized spacial score (nSPS) is 22.4. The highest BCUT2D eigenvalue weighted by Gasteiger charge is 2.54. The summed E-state index contributed by atoms with van der Waals surface area (Å²) in [4.78, 5) is 166. The molecule has 10 atom stereocenters. The molecular formula is C63H75N11O19S2. The molecule has 8 rings (SSSR count). The third kappa shape index (κ3) is 17.2. The summed E-state index contributed by atoms with van der Waals surface area (Å²) in [6.07, 6.45) is -3.63. The predicted octanol–water partition coefficient (Wildman–Crippen LogP) is -0.926. The van der Waals surface area contributed by atoms with Crippen molar-refractivity contribution in [3.05, 3.63) is 112 Å². The Morgan fingerprint density at radius 3 is 1.96 bits per heavy atom. The molecule has 17 N–H and O–H groups in total. The number of phenols is 3. The van der Waals surface area contributed by atoms with Crippen LogP contribution in [0, 0.1) is 5.92 Å². The summed E-state index contributed by atoms with van der Waals surface area (Å²) in [6, 6.07) is 7.96. The van der Waals surface area contributed by atoms with Crippen molar-refractivity contribution in [1.82, 2.24) is 47.4 Å². The maximum absolute atomic E-state index is 14.8. The molecule has 1 unspecified atom stereocenters. The number of likely N-dealkylation sites (tertiary alicyclic amines) is 1. The van der Waals surface area contributed by atoms with Crippen molar-refractivity contribution in [2.24, 2.45) is 17.4 Å². The number of phenolic OH excluding ortho intramolecular Hbond substituents is 3. The molecule has 32 heteroatoms. The van der Waals surface area contributed by atoms with Crippen molar-refractivity contribution in [3.63, 3.8) is 0 Å². The Kier molecular flexibility index (Phi) is 23.6. The molecule has 0 bridgehead atoms. The summed E-state index contributed by atoms with van der Waals surface area (Å²) in [6.45, 7) is 3.83. The standard InChI is InChI=1S/C63H75N11O19S2/c1-4-30(2)51-59(88)73-52(31(3)75)60(89)70-43(26-49(64)80)55(84)71-44(28-94-95-29-46(79)58(87)69-42(56(85)72-51)22-32-10-13-34(76)14-11-32)61(90)74-21-7-9-45(74)57(86)68-41(54(83)67-27-50(65)81)8-5-6-20-66-53(82)33-12-17-38-37(23-33)62(91)93-63(38)39-18-15-35(77)24-47(39)92-48-25-36(78)16-19-40(48)63/h10-19,23-25,30-31,41-46,51-52,75-79H,4-9,20-22,26-29H2,1-3H3,(H2,64,80)(H2,65,81)(H,66,82)(H,67,83)(H,68,86)(H,69,87)(H,70,89)(H,71,84)(H,72,85)(H,73,88)/t30-,31+,41-,42-,43-,44-,45-,46?,51-,52-/m0/s1. The van der Waals surface area contributed by atoms with Crippen LogP contribution in [0.3, 0.4) is 0 Å². The van der Waals surface area contributed by atoms with E-state index < -0.39 is 150 Å². The van der Waals surface area contributed by atoms with Crippen molar-refractivity contribution < 1.29 is 92.5 Å². The van der Waals surface area contributed by atoms with Crippen LogP contribution in [0.15, 0.2) is 78.9 Å². The fourth-order valence-corrected chi connectivity index (χ4v) is 13.5. The van der Waals surface area contributed by atoms with Gasteiger partial charge in [0, 0.05) is 65.4 Å². The van der Waals surface area contributed by atoms with E-state index in [1.807, 2.05) is 0 Å². The largest absolute Gasteiger partial charge is 0.508 e. The van der Waals surface area contributed by atoms with Crippen molar-refractivity contribution in [3.8, 4) is 28.7 Å². The summed E-state index contributed by atoms with van der Waals surface area (Å²) in [5, 5.41) is 72.7. The summed E-state index contributed by atoms with van der Waals surface area (Å²) in [5.41, 5.74) is 11.1. The number of ether oxygens (including phenoxy) is 2. The van der Waals surface area contributed by atoms with E-state index in [1.54, 1.807) is 32.0 Å². The number of amides is 11. The minimum Gasteiger partial charge on any atom is -0.508 e. The molecule has 95 heavy (non-hydrogen) atoms. The maximum atomic E-state index is 14.8. The van der Waals surface area contributed by atoms with Gasteiger partial charge >= 0.3 is 5.97 Å². The molecule has 4 aromatic carbocycles. The molecule has 4 aliphatic heterocycles. The fourth-order valence-electron chi connectivity index (χ4n) is 11.3.